The predicted molar refractivity (Wildman–Crippen MR) is 122 cm³/mol. The van der Waals surface area contributed by atoms with E-state index in [0.717, 1.165) is 36.1 Å². The molecule has 1 N–H and O–H groups in total. The molecule has 1 aliphatic carbocycles. The first kappa shape index (κ1) is 22.3. The summed E-state index contributed by atoms with van der Waals surface area (Å²) in [7, 11) is 1.36. The number of thiophene rings is 1. The number of rotatable bonds is 8. The number of aromatic nitrogens is 4. The van der Waals surface area contributed by atoms with Crippen LogP contribution in [0.3, 0.4) is 0 Å². The molecule has 0 saturated heterocycles. The first-order valence-corrected chi connectivity index (χ1v) is 12.1. The highest BCUT2D eigenvalue weighted by Crippen LogP contribution is 2.38. The van der Waals surface area contributed by atoms with Crippen LogP contribution in [0.25, 0.3) is 5.69 Å². The summed E-state index contributed by atoms with van der Waals surface area (Å²) in [6, 6.07) is 7.44. The van der Waals surface area contributed by atoms with Crippen molar-refractivity contribution in [2.75, 3.05) is 24.8 Å². The number of tetrazole rings is 1. The van der Waals surface area contributed by atoms with Crippen molar-refractivity contribution < 1.29 is 19.1 Å². The second-order valence-corrected chi connectivity index (χ2v) is 9.07. The summed E-state index contributed by atoms with van der Waals surface area (Å²) in [5.41, 5.74) is 2.19. The van der Waals surface area contributed by atoms with E-state index in [2.05, 4.69) is 20.8 Å². The molecule has 0 fully saturated rings. The van der Waals surface area contributed by atoms with E-state index in [1.807, 2.05) is 31.2 Å². The van der Waals surface area contributed by atoms with E-state index in [0.29, 0.717) is 33.8 Å². The number of amides is 1. The zero-order valence-electron chi connectivity index (χ0n) is 17.8. The summed E-state index contributed by atoms with van der Waals surface area (Å²) in [6.07, 6.45) is 3.86. The molecule has 2 aromatic heterocycles. The van der Waals surface area contributed by atoms with Gasteiger partial charge in [-0.2, -0.15) is 4.68 Å². The number of nitrogens with zero attached hydrogens (tertiary/aromatic N) is 4. The van der Waals surface area contributed by atoms with Gasteiger partial charge in [0.05, 0.1) is 25.0 Å². The van der Waals surface area contributed by atoms with Crippen molar-refractivity contribution in [1.82, 2.24) is 20.2 Å². The normalized spacial score (nSPS) is 12.8. The molecular formula is C21H23N5O4S2. The number of anilines is 1. The van der Waals surface area contributed by atoms with Crippen LogP contribution in [0.1, 0.15) is 40.6 Å². The van der Waals surface area contributed by atoms with Gasteiger partial charge in [0.2, 0.25) is 11.1 Å². The zero-order valence-corrected chi connectivity index (χ0v) is 19.4. The molecular weight excluding hydrogens is 450 g/mol. The van der Waals surface area contributed by atoms with E-state index in [4.69, 9.17) is 9.47 Å². The Bertz CT molecular complexity index is 1130. The van der Waals surface area contributed by atoms with Crippen LogP contribution in [0, 0.1) is 0 Å². The van der Waals surface area contributed by atoms with Gasteiger partial charge >= 0.3 is 5.97 Å². The molecule has 0 unspecified atom stereocenters. The van der Waals surface area contributed by atoms with Gasteiger partial charge < -0.3 is 14.8 Å². The highest BCUT2D eigenvalue weighted by molar-refractivity contribution is 7.99. The number of esters is 1. The van der Waals surface area contributed by atoms with E-state index in [1.54, 1.807) is 4.68 Å². The topological polar surface area (TPSA) is 108 Å². The molecule has 0 atom stereocenters. The van der Waals surface area contributed by atoms with Crippen LogP contribution in [0.15, 0.2) is 29.4 Å². The molecule has 0 spiro atoms. The average Bonchev–Trinajstić information content (AvgIpc) is 3.42. The number of benzene rings is 1. The van der Waals surface area contributed by atoms with Crippen LogP contribution in [0.2, 0.25) is 0 Å². The Kier molecular flexibility index (Phi) is 7.05. The molecule has 1 amide bonds. The minimum atomic E-state index is -0.413. The zero-order chi connectivity index (χ0) is 22.5. The third-order valence-corrected chi connectivity index (χ3v) is 7.11. The molecule has 2 heterocycles. The number of carbonyl (C=O) groups excluding carboxylic acids is 2. The molecule has 4 rings (SSSR count). The monoisotopic (exact) mass is 473 g/mol. The lowest BCUT2D eigenvalue weighted by atomic mass is 9.95. The quantitative estimate of drug-likeness (QED) is 0.391. The first-order chi connectivity index (χ1) is 15.6. The van der Waals surface area contributed by atoms with Crippen molar-refractivity contribution >= 4 is 40.0 Å². The number of fused-ring (bicyclic) bond motifs is 1. The Hall–Kier alpha value is -2.92. The van der Waals surface area contributed by atoms with Gasteiger partial charge in [0.25, 0.3) is 0 Å². The Morgan fingerprint density at radius 2 is 2.06 bits per heavy atom. The number of aryl methyl sites for hydroxylation is 1. The maximum Gasteiger partial charge on any atom is 0.341 e. The van der Waals surface area contributed by atoms with Crippen molar-refractivity contribution in [3.05, 3.63) is 40.3 Å². The van der Waals surface area contributed by atoms with Gasteiger partial charge in [-0.05, 0) is 60.7 Å². The fourth-order valence-corrected chi connectivity index (χ4v) is 5.57. The van der Waals surface area contributed by atoms with Gasteiger partial charge in [-0.15, -0.1) is 16.4 Å². The lowest BCUT2D eigenvalue weighted by Crippen LogP contribution is -2.17. The summed E-state index contributed by atoms with van der Waals surface area (Å²) in [4.78, 5) is 26.2. The maximum absolute atomic E-state index is 12.7. The molecule has 3 aromatic rings. The fraction of sp³-hybridized carbons (Fsp3) is 0.381. The van der Waals surface area contributed by atoms with Gasteiger partial charge in [0.1, 0.15) is 16.4 Å². The average molecular weight is 474 g/mol. The molecule has 0 bridgehead atoms. The molecule has 32 heavy (non-hydrogen) atoms. The van der Waals surface area contributed by atoms with Crippen LogP contribution >= 0.6 is 23.1 Å². The summed E-state index contributed by atoms with van der Waals surface area (Å²) in [6.45, 7) is 2.42. The Morgan fingerprint density at radius 3 is 2.88 bits per heavy atom. The summed E-state index contributed by atoms with van der Waals surface area (Å²) in [5, 5.41) is 15.7. The predicted octanol–water partition coefficient (Wildman–Crippen LogP) is 3.52. The molecule has 11 heteroatoms. The number of carbonyl (C=O) groups is 2. The standard InChI is InChI=1S/C21H23N5O4S2/c1-3-30-15-10-6-5-9-14(15)26-21(23-24-25-26)31-12-17(27)22-19-18(20(28)29-2)13-8-4-7-11-16(13)32-19/h5-6,9-10H,3-4,7-8,11-12H2,1-2H3,(H,22,27). The summed E-state index contributed by atoms with van der Waals surface area (Å²) in [5.74, 6) is 0.0797. The van der Waals surface area contributed by atoms with Crippen LogP contribution in [-0.2, 0) is 22.4 Å². The second kappa shape index (κ2) is 10.1. The van der Waals surface area contributed by atoms with Crippen LogP contribution in [0.5, 0.6) is 5.75 Å². The maximum atomic E-state index is 12.7. The second-order valence-electron chi connectivity index (χ2n) is 7.02. The Morgan fingerprint density at radius 1 is 1.25 bits per heavy atom. The van der Waals surface area contributed by atoms with Gasteiger partial charge in [-0.1, -0.05) is 23.9 Å². The number of hydrogen-bond acceptors (Lipinski definition) is 9. The van der Waals surface area contributed by atoms with Gasteiger partial charge in [-0.25, -0.2) is 4.79 Å². The van der Waals surface area contributed by atoms with Crippen LogP contribution in [0.4, 0.5) is 5.00 Å². The Balaban J connectivity index is 1.48. The van der Waals surface area contributed by atoms with E-state index in [-0.39, 0.29) is 11.7 Å². The number of thioether (sulfide) groups is 1. The van der Waals surface area contributed by atoms with Crippen LogP contribution in [-0.4, -0.2) is 51.6 Å². The highest BCUT2D eigenvalue weighted by Gasteiger charge is 2.27. The van der Waals surface area contributed by atoms with E-state index in [9.17, 15) is 9.59 Å². The third-order valence-electron chi connectivity index (χ3n) is 4.98. The summed E-state index contributed by atoms with van der Waals surface area (Å²) >= 11 is 2.67. The van der Waals surface area contributed by atoms with E-state index >= 15 is 0 Å². The number of methoxy groups -OCH3 is 1. The van der Waals surface area contributed by atoms with Crippen molar-refractivity contribution in [3.8, 4) is 11.4 Å². The van der Waals surface area contributed by atoms with Crippen LogP contribution < -0.4 is 10.1 Å². The van der Waals surface area contributed by atoms with Crippen molar-refractivity contribution in [2.24, 2.45) is 0 Å². The first-order valence-electron chi connectivity index (χ1n) is 10.3. The fourth-order valence-electron chi connectivity index (χ4n) is 3.59. The Labute approximate surface area is 193 Å². The molecule has 9 nitrogen and oxygen atoms in total. The van der Waals surface area contributed by atoms with Gasteiger partial charge in [-0.3, -0.25) is 4.79 Å². The van der Waals surface area contributed by atoms with Gasteiger partial charge in [0.15, 0.2) is 0 Å². The van der Waals surface area contributed by atoms with Crippen molar-refractivity contribution in [2.45, 2.75) is 37.8 Å². The van der Waals surface area contributed by atoms with Crippen molar-refractivity contribution in [1.29, 1.82) is 0 Å². The third kappa shape index (κ3) is 4.63. The number of nitrogens with one attached hydrogen (secondary N) is 1. The smallest absolute Gasteiger partial charge is 0.341 e. The number of ether oxygens (including phenoxy) is 2. The molecule has 0 radical (unpaired) electrons. The largest absolute Gasteiger partial charge is 0.492 e. The van der Waals surface area contributed by atoms with E-state index < -0.39 is 5.97 Å². The van der Waals surface area contributed by atoms with Crippen molar-refractivity contribution in [3.63, 3.8) is 0 Å². The lowest BCUT2D eigenvalue weighted by molar-refractivity contribution is -0.113. The number of para-hydroxylation sites is 2. The molecule has 1 aliphatic rings. The minimum absolute atomic E-state index is 0.0837. The molecule has 0 aliphatic heterocycles. The SMILES string of the molecule is CCOc1ccccc1-n1nnnc1SCC(=O)Nc1sc2c(c1C(=O)OC)CCCC2. The summed E-state index contributed by atoms with van der Waals surface area (Å²) < 4.78 is 12.2. The van der Waals surface area contributed by atoms with Gasteiger partial charge in [0, 0.05) is 4.88 Å². The highest BCUT2D eigenvalue weighted by atomic mass is 32.2. The van der Waals surface area contributed by atoms with E-state index in [1.165, 1.54) is 30.2 Å². The number of hydrogen-bond donors (Lipinski definition) is 1. The molecule has 168 valence electrons. The molecule has 1 aromatic carbocycles. The molecule has 0 saturated carbocycles. The minimum Gasteiger partial charge on any atom is -0.492 e. The lowest BCUT2D eigenvalue weighted by Gasteiger charge is -2.12.